The number of carbonyl (C=O) groups excluding carboxylic acids is 1. The number of anilines is 1. The number of benzene rings is 1. The quantitative estimate of drug-likeness (QED) is 0.690. The van der Waals surface area contributed by atoms with E-state index in [-0.39, 0.29) is 18.1 Å². The first-order chi connectivity index (χ1) is 13.1. The summed E-state index contributed by atoms with van der Waals surface area (Å²) in [6.07, 6.45) is 6.87. The maximum Gasteiger partial charge on any atom is 0.337 e. The van der Waals surface area contributed by atoms with Crippen LogP contribution in [0.1, 0.15) is 36.0 Å². The fraction of sp³-hybridized carbons (Fsp3) is 0.350. The fourth-order valence-electron chi connectivity index (χ4n) is 3.53. The van der Waals surface area contributed by atoms with E-state index in [9.17, 15) is 9.90 Å². The van der Waals surface area contributed by atoms with Crippen LogP contribution in [0.15, 0.2) is 42.7 Å². The Hall–Kier alpha value is -2.93. The third-order valence-electron chi connectivity index (χ3n) is 5.03. The van der Waals surface area contributed by atoms with Gasteiger partial charge in [0.2, 0.25) is 5.95 Å². The van der Waals surface area contributed by atoms with Gasteiger partial charge in [-0.2, -0.15) is 4.98 Å². The third kappa shape index (κ3) is 3.64. The lowest BCUT2D eigenvalue weighted by molar-refractivity contribution is 0.0601. The normalized spacial score (nSPS) is 19.8. The molecule has 3 aromatic rings. The highest BCUT2D eigenvalue weighted by Crippen LogP contribution is 2.23. The Kier molecular flexibility index (Phi) is 4.77. The van der Waals surface area contributed by atoms with Crippen molar-refractivity contribution in [3.05, 3.63) is 48.3 Å². The molecule has 1 aromatic carbocycles. The van der Waals surface area contributed by atoms with Crippen molar-refractivity contribution in [3.8, 4) is 5.82 Å². The number of aliphatic hydroxyl groups excluding tert-OH is 1. The predicted molar refractivity (Wildman–Crippen MR) is 102 cm³/mol. The summed E-state index contributed by atoms with van der Waals surface area (Å²) >= 11 is 0. The molecule has 1 aliphatic rings. The van der Waals surface area contributed by atoms with Gasteiger partial charge >= 0.3 is 5.97 Å². The van der Waals surface area contributed by atoms with Gasteiger partial charge in [-0.05, 0) is 49.9 Å². The highest BCUT2D eigenvalue weighted by Gasteiger charge is 2.20. The molecule has 1 saturated carbocycles. The van der Waals surface area contributed by atoms with Crippen molar-refractivity contribution in [3.63, 3.8) is 0 Å². The number of esters is 1. The Balaban J connectivity index is 1.62. The number of nitrogens with zero attached hydrogens (tertiary/aromatic N) is 3. The van der Waals surface area contributed by atoms with E-state index in [0.29, 0.717) is 11.5 Å². The zero-order valence-corrected chi connectivity index (χ0v) is 15.1. The second kappa shape index (κ2) is 7.36. The first-order valence-electron chi connectivity index (χ1n) is 9.11. The molecule has 0 unspecified atom stereocenters. The zero-order valence-electron chi connectivity index (χ0n) is 15.1. The number of hydrogen-bond donors (Lipinski definition) is 2. The molecular formula is C20H22N4O3. The van der Waals surface area contributed by atoms with Crippen molar-refractivity contribution in [2.24, 2.45) is 0 Å². The average Bonchev–Trinajstić information content (AvgIpc) is 3.12. The first kappa shape index (κ1) is 17.5. The van der Waals surface area contributed by atoms with Crippen LogP contribution < -0.4 is 5.32 Å². The van der Waals surface area contributed by atoms with Crippen LogP contribution in [0.3, 0.4) is 0 Å². The second-order valence-corrected chi connectivity index (χ2v) is 6.84. The van der Waals surface area contributed by atoms with Crippen molar-refractivity contribution in [1.29, 1.82) is 0 Å². The minimum absolute atomic E-state index is 0.189. The summed E-state index contributed by atoms with van der Waals surface area (Å²) in [5.41, 5.74) is 1.38. The lowest BCUT2D eigenvalue weighted by Crippen LogP contribution is -2.29. The van der Waals surface area contributed by atoms with E-state index in [1.165, 1.54) is 7.11 Å². The minimum Gasteiger partial charge on any atom is -0.465 e. The number of methoxy groups -OCH3 is 1. The third-order valence-corrected chi connectivity index (χ3v) is 5.03. The number of aromatic nitrogens is 3. The molecule has 0 amide bonds. The molecule has 0 atom stereocenters. The topological polar surface area (TPSA) is 89.3 Å². The molecule has 4 rings (SSSR count). The van der Waals surface area contributed by atoms with Crippen LogP contribution in [0.25, 0.3) is 16.7 Å². The molecule has 0 saturated heterocycles. The summed E-state index contributed by atoms with van der Waals surface area (Å²) in [4.78, 5) is 20.8. The lowest BCUT2D eigenvalue weighted by Gasteiger charge is -2.26. The van der Waals surface area contributed by atoms with E-state index < -0.39 is 0 Å². The van der Waals surface area contributed by atoms with Gasteiger partial charge < -0.3 is 19.7 Å². The van der Waals surface area contributed by atoms with Crippen LogP contribution in [0, 0.1) is 0 Å². The molecule has 140 valence electrons. The number of hydrogen-bond acceptors (Lipinski definition) is 6. The van der Waals surface area contributed by atoms with Gasteiger partial charge in [0.05, 0.1) is 24.3 Å². The molecule has 7 heteroatoms. The van der Waals surface area contributed by atoms with Crippen LogP contribution in [-0.4, -0.2) is 44.9 Å². The van der Waals surface area contributed by atoms with Crippen molar-refractivity contribution >= 4 is 22.8 Å². The molecule has 2 aromatic heterocycles. The van der Waals surface area contributed by atoms with Crippen molar-refractivity contribution in [2.45, 2.75) is 37.8 Å². The number of fused-ring (bicyclic) bond motifs is 1. The Bertz CT molecular complexity index is 961. The van der Waals surface area contributed by atoms with Gasteiger partial charge in [0.1, 0.15) is 5.82 Å². The smallest absolute Gasteiger partial charge is 0.337 e. The zero-order chi connectivity index (χ0) is 18.8. The summed E-state index contributed by atoms with van der Waals surface area (Å²) < 4.78 is 6.75. The van der Waals surface area contributed by atoms with Crippen LogP contribution in [0.5, 0.6) is 0 Å². The van der Waals surface area contributed by atoms with E-state index in [4.69, 9.17) is 4.74 Å². The van der Waals surface area contributed by atoms with Gasteiger partial charge in [0.15, 0.2) is 0 Å². The van der Waals surface area contributed by atoms with E-state index in [1.54, 1.807) is 18.3 Å². The molecule has 27 heavy (non-hydrogen) atoms. The molecule has 0 spiro atoms. The summed E-state index contributed by atoms with van der Waals surface area (Å²) in [7, 11) is 1.37. The molecule has 7 nitrogen and oxygen atoms in total. The van der Waals surface area contributed by atoms with Crippen LogP contribution >= 0.6 is 0 Å². The van der Waals surface area contributed by atoms with Gasteiger partial charge in [-0.1, -0.05) is 6.07 Å². The number of rotatable bonds is 4. The van der Waals surface area contributed by atoms with Gasteiger partial charge in [-0.15, -0.1) is 0 Å². The van der Waals surface area contributed by atoms with E-state index in [0.717, 1.165) is 42.4 Å². The average molecular weight is 366 g/mol. The molecule has 2 heterocycles. The SMILES string of the molecule is COC(=O)c1ccc2ccn(-c3ccnc(NC4CCC(O)CC4)n3)c2c1. The van der Waals surface area contributed by atoms with Crippen LogP contribution in [0.4, 0.5) is 5.95 Å². The standard InChI is InChI=1S/C20H22N4O3/c1-27-19(26)14-3-2-13-9-11-24(17(13)12-14)18-8-10-21-20(23-18)22-15-4-6-16(25)7-5-15/h2-3,8-12,15-16,25H,4-7H2,1H3,(H,21,22,23). The fourth-order valence-corrected chi connectivity index (χ4v) is 3.53. The second-order valence-electron chi connectivity index (χ2n) is 6.84. The Morgan fingerprint density at radius 2 is 2.04 bits per heavy atom. The number of aliphatic hydroxyl groups is 1. The minimum atomic E-state index is -0.367. The van der Waals surface area contributed by atoms with Crippen LogP contribution in [-0.2, 0) is 4.74 Å². The van der Waals surface area contributed by atoms with Crippen molar-refractivity contribution < 1.29 is 14.6 Å². The summed E-state index contributed by atoms with van der Waals surface area (Å²) in [6, 6.07) is 9.54. The summed E-state index contributed by atoms with van der Waals surface area (Å²) in [6.45, 7) is 0. The molecular weight excluding hydrogens is 344 g/mol. The molecule has 0 aliphatic heterocycles. The maximum atomic E-state index is 11.8. The number of nitrogens with one attached hydrogen (secondary N) is 1. The summed E-state index contributed by atoms with van der Waals surface area (Å²) in [5.74, 6) is 0.925. The summed E-state index contributed by atoms with van der Waals surface area (Å²) in [5, 5.41) is 14.0. The molecule has 1 fully saturated rings. The largest absolute Gasteiger partial charge is 0.465 e. The van der Waals surface area contributed by atoms with Crippen molar-refractivity contribution in [1.82, 2.24) is 14.5 Å². The Morgan fingerprint density at radius 3 is 2.81 bits per heavy atom. The number of carbonyl (C=O) groups is 1. The van der Waals surface area contributed by atoms with E-state index in [1.807, 2.05) is 29.0 Å². The lowest BCUT2D eigenvalue weighted by atomic mass is 9.93. The molecule has 2 N–H and O–H groups in total. The van der Waals surface area contributed by atoms with Crippen molar-refractivity contribution in [2.75, 3.05) is 12.4 Å². The molecule has 0 bridgehead atoms. The number of ether oxygens (including phenoxy) is 1. The molecule has 0 radical (unpaired) electrons. The monoisotopic (exact) mass is 366 g/mol. The molecule has 1 aliphatic carbocycles. The Labute approximate surface area is 157 Å². The maximum absolute atomic E-state index is 11.8. The van der Waals surface area contributed by atoms with Gasteiger partial charge in [-0.3, -0.25) is 0 Å². The van der Waals surface area contributed by atoms with Gasteiger partial charge in [0.25, 0.3) is 0 Å². The highest BCUT2D eigenvalue weighted by atomic mass is 16.5. The highest BCUT2D eigenvalue weighted by molar-refractivity contribution is 5.95. The van der Waals surface area contributed by atoms with E-state index >= 15 is 0 Å². The van der Waals surface area contributed by atoms with E-state index in [2.05, 4.69) is 15.3 Å². The first-order valence-corrected chi connectivity index (χ1v) is 9.11. The van der Waals surface area contributed by atoms with Crippen LogP contribution in [0.2, 0.25) is 0 Å². The van der Waals surface area contributed by atoms with Gasteiger partial charge in [-0.25, -0.2) is 9.78 Å². The van der Waals surface area contributed by atoms with Gasteiger partial charge in [0, 0.05) is 23.8 Å². The predicted octanol–water partition coefficient (Wildman–Crippen LogP) is 2.92. The Morgan fingerprint density at radius 1 is 1.22 bits per heavy atom.